The van der Waals surface area contributed by atoms with Crippen molar-refractivity contribution in [3.63, 3.8) is 0 Å². The van der Waals surface area contributed by atoms with E-state index in [1.807, 2.05) is 0 Å². The van der Waals surface area contributed by atoms with E-state index >= 15 is 0 Å². The smallest absolute Gasteiger partial charge is 0.325 e. The number of methoxy groups -OCH3 is 1. The second-order valence-electron chi connectivity index (χ2n) is 5.09. The average Bonchev–Trinajstić information content (AvgIpc) is 3.06. The number of carbonyl (C=O) groups is 2. The molecule has 0 aliphatic carbocycles. The number of nitrogens with one attached hydrogen (secondary N) is 1. The molecule has 138 valence electrons. The predicted molar refractivity (Wildman–Crippen MR) is 95.2 cm³/mol. The first-order chi connectivity index (χ1) is 12.1. The summed E-state index contributed by atoms with van der Waals surface area (Å²) in [7, 11) is 1.57. The van der Waals surface area contributed by atoms with Gasteiger partial charge in [-0.3, -0.25) is 19.0 Å². The number of aromatic nitrogens is 2. The van der Waals surface area contributed by atoms with Gasteiger partial charge in [0.2, 0.25) is 5.91 Å². The molecular formula is C15H21N3O5S2. The van der Waals surface area contributed by atoms with Crippen LogP contribution in [0.4, 0.5) is 0 Å². The Balaban J connectivity index is 2.03. The van der Waals surface area contributed by atoms with Gasteiger partial charge < -0.3 is 14.8 Å². The molecule has 2 heterocycles. The molecule has 0 spiro atoms. The maximum absolute atomic E-state index is 12.6. The van der Waals surface area contributed by atoms with Crippen molar-refractivity contribution in [1.82, 2.24) is 14.9 Å². The van der Waals surface area contributed by atoms with E-state index in [9.17, 15) is 14.4 Å². The number of fused-ring (bicyclic) bond motifs is 1. The van der Waals surface area contributed by atoms with Crippen LogP contribution >= 0.6 is 23.5 Å². The number of hydrogen-bond donors (Lipinski definition) is 1. The third kappa shape index (κ3) is 5.48. The highest BCUT2D eigenvalue weighted by molar-refractivity contribution is 8.00. The molecule has 8 nitrogen and oxygen atoms in total. The van der Waals surface area contributed by atoms with Crippen molar-refractivity contribution < 1.29 is 19.1 Å². The third-order valence-corrected chi connectivity index (χ3v) is 5.42. The Morgan fingerprint density at radius 2 is 2.24 bits per heavy atom. The van der Waals surface area contributed by atoms with Crippen molar-refractivity contribution in [1.29, 1.82) is 0 Å². The summed E-state index contributed by atoms with van der Waals surface area (Å²) in [6.07, 6.45) is 0.753. The molecule has 2 rings (SSSR count). The lowest BCUT2D eigenvalue weighted by Gasteiger charge is -2.13. The molecule has 1 amide bonds. The number of ether oxygens (including phenoxy) is 2. The van der Waals surface area contributed by atoms with E-state index in [0.29, 0.717) is 23.2 Å². The molecule has 0 bridgehead atoms. The summed E-state index contributed by atoms with van der Waals surface area (Å²) in [5.41, 5.74) is 0.706. The van der Waals surface area contributed by atoms with Crippen LogP contribution in [0.15, 0.2) is 14.8 Å². The van der Waals surface area contributed by atoms with Gasteiger partial charge in [-0.2, -0.15) is 0 Å². The number of nitrogens with zero attached hydrogens (tertiary/aromatic N) is 2. The van der Waals surface area contributed by atoms with Crippen LogP contribution in [-0.2, 0) is 32.0 Å². The van der Waals surface area contributed by atoms with E-state index < -0.39 is 5.97 Å². The lowest BCUT2D eigenvalue weighted by molar-refractivity contribution is -0.143. The number of carbonyl (C=O) groups excluding carboxylic acids is 2. The van der Waals surface area contributed by atoms with E-state index in [4.69, 9.17) is 9.47 Å². The summed E-state index contributed by atoms with van der Waals surface area (Å²) < 4.78 is 11.4. The fraction of sp³-hybridized carbons (Fsp3) is 0.600. The molecule has 1 aliphatic heterocycles. The summed E-state index contributed by atoms with van der Waals surface area (Å²) >= 11 is 2.69. The molecule has 0 aromatic carbocycles. The van der Waals surface area contributed by atoms with Crippen LogP contribution in [0.3, 0.4) is 0 Å². The highest BCUT2D eigenvalue weighted by atomic mass is 32.2. The molecule has 0 fully saturated rings. The first kappa shape index (κ1) is 19.8. The fourth-order valence-corrected chi connectivity index (χ4v) is 4.09. The van der Waals surface area contributed by atoms with Gasteiger partial charge in [0, 0.05) is 19.3 Å². The molecule has 0 saturated carbocycles. The molecule has 0 radical (unpaired) electrons. The lowest BCUT2D eigenvalue weighted by atomic mass is 10.3. The van der Waals surface area contributed by atoms with E-state index in [0.717, 1.165) is 17.9 Å². The zero-order valence-corrected chi connectivity index (χ0v) is 15.8. The lowest BCUT2D eigenvalue weighted by Crippen LogP contribution is -2.32. The van der Waals surface area contributed by atoms with Gasteiger partial charge in [0.15, 0.2) is 5.16 Å². The molecule has 0 unspecified atom stereocenters. The topological polar surface area (TPSA) is 99.5 Å². The van der Waals surface area contributed by atoms with Gasteiger partial charge in [0.25, 0.3) is 5.56 Å². The Hall–Kier alpha value is -1.52. The Kier molecular flexibility index (Phi) is 7.79. The number of aryl methyl sites for hydroxylation is 1. The Morgan fingerprint density at radius 1 is 1.44 bits per heavy atom. The van der Waals surface area contributed by atoms with Crippen LogP contribution in [0.5, 0.6) is 0 Å². The Bertz CT molecular complexity index is 692. The van der Waals surface area contributed by atoms with Gasteiger partial charge in [-0.1, -0.05) is 11.8 Å². The number of amides is 1. The van der Waals surface area contributed by atoms with Crippen molar-refractivity contribution in [2.24, 2.45) is 0 Å². The van der Waals surface area contributed by atoms with Crippen LogP contribution in [0.1, 0.15) is 12.6 Å². The minimum atomic E-state index is -0.481. The summed E-state index contributed by atoms with van der Waals surface area (Å²) in [5, 5.41) is 2.98. The molecule has 1 aromatic rings. The largest absolute Gasteiger partial charge is 0.465 e. The van der Waals surface area contributed by atoms with Gasteiger partial charge in [-0.05, 0) is 6.92 Å². The first-order valence-electron chi connectivity index (χ1n) is 7.87. The molecule has 1 aromatic heterocycles. The van der Waals surface area contributed by atoms with Crippen LogP contribution in [0.2, 0.25) is 0 Å². The number of rotatable bonds is 9. The minimum Gasteiger partial charge on any atom is -0.465 e. The van der Waals surface area contributed by atoms with Gasteiger partial charge in [0.05, 0.1) is 36.1 Å². The number of hydrogen-bond acceptors (Lipinski definition) is 8. The van der Waals surface area contributed by atoms with E-state index in [1.165, 1.54) is 23.5 Å². The zero-order valence-electron chi connectivity index (χ0n) is 14.2. The van der Waals surface area contributed by atoms with E-state index in [1.54, 1.807) is 18.6 Å². The van der Waals surface area contributed by atoms with Crippen molar-refractivity contribution in [2.45, 2.75) is 29.9 Å². The Morgan fingerprint density at radius 3 is 2.96 bits per heavy atom. The molecule has 25 heavy (non-hydrogen) atoms. The first-order valence-corrected chi connectivity index (χ1v) is 9.84. The number of thioether (sulfide) groups is 2. The van der Waals surface area contributed by atoms with Gasteiger partial charge in [0.1, 0.15) is 6.54 Å². The second-order valence-corrected chi connectivity index (χ2v) is 7.14. The van der Waals surface area contributed by atoms with E-state index in [2.05, 4.69) is 10.3 Å². The normalized spacial score (nSPS) is 12.7. The van der Waals surface area contributed by atoms with Crippen LogP contribution in [0.25, 0.3) is 0 Å². The Labute approximate surface area is 154 Å². The van der Waals surface area contributed by atoms with Crippen molar-refractivity contribution in [3.05, 3.63) is 16.0 Å². The standard InChI is InChI=1S/C15H21N3O5S2/c1-3-23-12(20)8-16-11(19)9-25-15-17-10-4-7-24-13(10)14(21)18(15)5-6-22-2/h3-9H2,1-2H3,(H,16,19). The van der Waals surface area contributed by atoms with E-state index in [-0.39, 0.29) is 30.4 Å². The quantitative estimate of drug-likeness (QED) is 0.367. The second kappa shape index (κ2) is 9.83. The summed E-state index contributed by atoms with van der Waals surface area (Å²) in [6.45, 7) is 2.56. The monoisotopic (exact) mass is 387 g/mol. The maximum atomic E-state index is 12.6. The molecule has 0 atom stereocenters. The fourth-order valence-electron chi connectivity index (χ4n) is 2.18. The van der Waals surface area contributed by atoms with Crippen LogP contribution in [0, 0.1) is 0 Å². The van der Waals surface area contributed by atoms with Crippen molar-refractivity contribution >= 4 is 35.4 Å². The van der Waals surface area contributed by atoms with Crippen LogP contribution < -0.4 is 10.9 Å². The molecule has 1 aliphatic rings. The summed E-state index contributed by atoms with van der Waals surface area (Å²) in [4.78, 5) is 41.0. The third-order valence-electron chi connectivity index (χ3n) is 3.33. The number of esters is 1. The summed E-state index contributed by atoms with van der Waals surface area (Å²) in [5.74, 6) is 0.104. The predicted octanol–water partition coefficient (Wildman–Crippen LogP) is 0.309. The molecule has 0 saturated heterocycles. The highest BCUT2D eigenvalue weighted by Gasteiger charge is 2.22. The van der Waals surface area contributed by atoms with Crippen molar-refractivity contribution in [3.8, 4) is 0 Å². The van der Waals surface area contributed by atoms with Gasteiger partial charge in [-0.15, -0.1) is 11.8 Å². The van der Waals surface area contributed by atoms with Crippen molar-refractivity contribution in [2.75, 3.05) is 38.4 Å². The maximum Gasteiger partial charge on any atom is 0.325 e. The molecule has 1 N–H and O–H groups in total. The molecule has 10 heteroatoms. The highest BCUT2D eigenvalue weighted by Crippen LogP contribution is 2.28. The van der Waals surface area contributed by atoms with Gasteiger partial charge in [-0.25, -0.2) is 4.98 Å². The minimum absolute atomic E-state index is 0.0603. The van der Waals surface area contributed by atoms with Gasteiger partial charge >= 0.3 is 5.97 Å². The zero-order chi connectivity index (χ0) is 18.2. The SMILES string of the molecule is CCOC(=O)CNC(=O)CSc1nc2c(c(=O)n1CCOC)SCC2. The molecular weight excluding hydrogens is 366 g/mol. The average molecular weight is 387 g/mol. The van der Waals surface area contributed by atoms with Crippen LogP contribution in [-0.4, -0.2) is 59.8 Å². The summed E-state index contributed by atoms with van der Waals surface area (Å²) in [6, 6.07) is 0.